The molecule has 1 fully saturated rings. The van der Waals surface area contributed by atoms with Crippen LogP contribution < -0.4 is 5.73 Å². The summed E-state index contributed by atoms with van der Waals surface area (Å²) in [6.45, 7) is 1.36. The van der Waals surface area contributed by atoms with E-state index < -0.39 is 37.0 Å². The predicted octanol–water partition coefficient (Wildman–Crippen LogP) is -1.19. The number of aliphatic carboxylic acids is 1. The van der Waals surface area contributed by atoms with Gasteiger partial charge < -0.3 is 20.5 Å². The molecule has 2 unspecified atom stereocenters. The van der Waals surface area contributed by atoms with Crippen molar-refractivity contribution in [3.05, 3.63) is 0 Å². The molecule has 2 amide bonds. The molecule has 3 N–H and O–H groups in total. The predicted molar refractivity (Wildman–Crippen MR) is 56.9 cm³/mol. The number of nitrogens with two attached hydrogens (primary N) is 1. The lowest BCUT2D eigenvalue weighted by Gasteiger charge is -2.24. The van der Waals surface area contributed by atoms with E-state index in [1.165, 1.54) is 0 Å². The van der Waals surface area contributed by atoms with Crippen LogP contribution in [0.15, 0.2) is 0 Å². The van der Waals surface area contributed by atoms with Crippen LogP contribution in [0.25, 0.3) is 0 Å². The number of carboxylic acids is 1. The van der Waals surface area contributed by atoms with Gasteiger partial charge in [0.2, 0.25) is 5.91 Å². The molecule has 17 heavy (non-hydrogen) atoms. The van der Waals surface area contributed by atoms with Crippen molar-refractivity contribution in [2.75, 3.05) is 19.7 Å². The Morgan fingerprint density at radius 3 is 2.47 bits per heavy atom. The van der Waals surface area contributed by atoms with E-state index in [0.29, 0.717) is 6.61 Å². The number of amides is 2. The largest absolute Gasteiger partial charge is 0.480 e. The van der Waals surface area contributed by atoms with E-state index >= 15 is 0 Å². The van der Waals surface area contributed by atoms with E-state index in [-0.39, 0.29) is 5.92 Å². The highest BCUT2D eigenvalue weighted by molar-refractivity contribution is 5.89. The van der Waals surface area contributed by atoms with E-state index in [9.17, 15) is 14.4 Å². The van der Waals surface area contributed by atoms with Crippen molar-refractivity contribution in [3.8, 4) is 0 Å². The van der Waals surface area contributed by atoms with Crippen LogP contribution in [0.3, 0.4) is 0 Å². The van der Waals surface area contributed by atoms with Gasteiger partial charge in [-0.2, -0.15) is 0 Å². The topological polar surface area (TPSA) is 110 Å². The summed E-state index contributed by atoms with van der Waals surface area (Å²) in [5.74, 6) is -2.40. The molecule has 1 aliphatic rings. The SMILES string of the molecule is CC1CCOC1C(=O)N(CC(N)=O)CC(=O)O. The third-order valence-electron chi connectivity index (χ3n) is 2.62. The van der Waals surface area contributed by atoms with Gasteiger partial charge in [0.25, 0.3) is 5.91 Å². The minimum Gasteiger partial charge on any atom is -0.480 e. The van der Waals surface area contributed by atoms with Gasteiger partial charge in [0.1, 0.15) is 19.2 Å². The molecule has 1 aliphatic heterocycles. The first-order valence-electron chi connectivity index (χ1n) is 5.32. The van der Waals surface area contributed by atoms with Crippen LogP contribution in [-0.2, 0) is 19.1 Å². The fraction of sp³-hybridized carbons (Fsp3) is 0.700. The van der Waals surface area contributed by atoms with Gasteiger partial charge in [-0.05, 0) is 12.3 Å². The van der Waals surface area contributed by atoms with Gasteiger partial charge in [-0.15, -0.1) is 0 Å². The summed E-state index contributed by atoms with van der Waals surface area (Å²) in [6.07, 6.45) is 0.0714. The molecule has 2 atom stereocenters. The Morgan fingerprint density at radius 1 is 1.41 bits per heavy atom. The van der Waals surface area contributed by atoms with E-state index in [1.807, 2.05) is 6.92 Å². The standard InChI is InChI=1S/C10H16N2O5/c1-6-2-3-17-9(6)10(16)12(4-7(11)13)5-8(14)15/h6,9H,2-5H2,1H3,(H2,11,13)(H,14,15). The van der Waals surface area contributed by atoms with Gasteiger partial charge in [0.05, 0.1) is 0 Å². The summed E-state index contributed by atoms with van der Waals surface area (Å²) in [6, 6.07) is 0. The Balaban J connectivity index is 2.70. The fourth-order valence-electron chi connectivity index (χ4n) is 1.75. The minimum absolute atomic E-state index is 0.0201. The number of carboxylic acid groups (broad SMARTS) is 1. The fourth-order valence-corrected chi connectivity index (χ4v) is 1.75. The molecular formula is C10H16N2O5. The highest BCUT2D eigenvalue weighted by Crippen LogP contribution is 2.21. The summed E-state index contributed by atoms with van der Waals surface area (Å²) in [4.78, 5) is 34.3. The van der Waals surface area contributed by atoms with Gasteiger partial charge in [-0.3, -0.25) is 14.4 Å². The second-order valence-corrected chi connectivity index (χ2v) is 4.11. The maximum absolute atomic E-state index is 12.0. The van der Waals surface area contributed by atoms with E-state index in [4.69, 9.17) is 15.6 Å². The third kappa shape index (κ3) is 3.70. The van der Waals surface area contributed by atoms with E-state index in [1.54, 1.807) is 0 Å². The number of rotatable bonds is 5. The first-order chi connectivity index (χ1) is 7.91. The lowest BCUT2D eigenvalue weighted by molar-refractivity contribution is -0.151. The smallest absolute Gasteiger partial charge is 0.323 e. The Kier molecular flexibility index (Phi) is 4.45. The molecule has 0 saturated carbocycles. The highest BCUT2D eigenvalue weighted by atomic mass is 16.5. The third-order valence-corrected chi connectivity index (χ3v) is 2.62. The summed E-state index contributed by atoms with van der Waals surface area (Å²) in [5, 5.41) is 8.67. The molecule has 0 bridgehead atoms. The van der Waals surface area contributed by atoms with Crippen molar-refractivity contribution in [1.29, 1.82) is 0 Å². The monoisotopic (exact) mass is 244 g/mol. The van der Waals surface area contributed by atoms with Crippen LogP contribution in [0.2, 0.25) is 0 Å². The first kappa shape index (κ1) is 13.4. The molecule has 1 saturated heterocycles. The van der Waals surface area contributed by atoms with Gasteiger partial charge in [0, 0.05) is 6.61 Å². The summed E-state index contributed by atoms with van der Waals surface area (Å²) < 4.78 is 5.23. The zero-order chi connectivity index (χ0) is 13.0. The van der Waals surface area contributed by atoms with Crippen molar-refractivity contribution in [2.24, 2.45) is 11.7 Å². The van der Waals surface area contributed by atoms with Crippen LogP contribution in [0.5, 0.6) is 0 Å². The zero-order valence-corrected chi connectivity index (χ0v) is 9.59. The van der Waals surface area contributed by atoms with Crippen LogP contribution in [-0.4, -0.2) is 53.6 Å². The number of hydrogen-bond acceptors (Lipinski definition) is 4. The van der Waals surface area contributed by atoms with Gasteiger partial charge >= 0.3 is 5.97 Å². The van der Waals surface area contributed by atoms with Crippen molar-refractivity contribution in [3.63, 3.8) is 0 Å². The molecule has 0 aromatic heterocycles. The first-order valence-corrected chi connectivity index (χ1v) is 5.32. The molecule has 1 heterocycles. The number of nitrogens with zero attached hydrogens (tertiary/aromatic N) is 1. The molecule has 0 aliphatic carbocycles. The molecule has 7 nitrogen and oxygen atoms in total. The second kappa shape index (κ2) is 5.62. The van der Waals surface area contributed by atoms with Crippen LogP contribution in [0.1, 0.15) is 13.3 Å². The van der Waals surface area contributed by atoms with Crippen LogP contribution >= 0.6 is 0 Å². The van der Waals surface area contributed by atoms with E-state index in [2.05, 4.69) is 0 Å². The lowest BCUT2D eigenvalue weighted by atomic mass is 10.0. The highest BCUT2D eigenvalue weighted by Gasteiger charge is 2.35. The maximum atomic E-state index is 12.0. The Hall–Kier alpha value is -1.63. The number of primary amides is 1. The average molecular weight is 244 g/mol. The van der Waals surface area contributed by atoms with Crippen molar-refractivity contribution in [2.45, 2.75) is 19.4 Å². The van der Waals surface area contributed by atoms with Gasteiger partial charge in [-0.25, -0.2) is 0 Å². The molecule has 7 heteroatoms. The molecule has 0 spiro atoms. The molecule has 1 rings (SSSR count). The summed E-state index contributed by atoms with van der Waals surface area (Å²) >= 11 is 0. The minimum atomic E-state index is -1.19. The Bertz CT molecular complexity index is 315. The normalized spacial score (nSPS) is 23.4. The summed E-state index contributed by atoms with van der Waals surface area (Å²) in [5.41, 5.74) is 4.97. The Morgan fingerprint density at radius 2 is 2.06 bits per heavy atom. The molecular weight excluding hydrogens is 228 g/mol. The van der Waals surface area contributed by atoms with Crippen molar-refractivity contribution < 1.29 is 24.2 Å². The quantitative estimate of drug-likeness (QED) is 0.632. The number of carbonyl (C=O) groups is 3. The van der Waals surface area contributed by atoms with E-state index in [0.717, 1.165) is 11.3 Å². The van der Waals surface area contributed by atoms with Gasteiger partial charge in [-0.1, -0.05) is 6.92 Å². The zero-order valence-electron chi connectivity index (χ0n) is 9.59. The molecule has 96 valence electrons. The molecule has 0 radical (unpaired) electrons. The summed E-state index contributed by atoms with van der Waals surface area (Å²) in [7, 11) is 0. The molecule has 0 aromatic carbocycles. The number of ether oxygens (including phenoxy) is 1. The Labute approximate surface area is 98.5 Å². The van der Waals surface area contributed by atoms with Gasteiger partial charge in [0.15, 0.2) is 0 Å². The van der Waals surface area contributed by atoms with Crippen LogP contribution in [0, 0.1) is 5.92 Å². The second-order valence-electron chi connectivity index (χ2n) is 4.11. The van der Waals surface area contributed by atoms with Crippen molar-refractivity contribution in [1.82, 2.24) is 4.90 Å². The number of hydrogen-bond donors (Lipinski definition) is 2. The van der Waals surface area contributed by atoms with Crippen molar-refractivity contribution >= 4 is 17.8 Å². The lowest BCUT2D eigenvalue weighted by Crippen LogP contribution is -2.47. The maximum Gasteiger partial charge on any atom is 0.323 e. The molecule has 0 aromatic rings. The number of carbonyl (C=O) groups excluding carboxylic acids is 2. The average Bonchev–Trinajstić information content (AvgIpc) is 2.61. The van der Waals surface area contributed by atoms with Crippen LogP contribution in [0.4, 0.5) is 0 Å².